The molecular weight excluding hydrogens is 256 g/mol. The molecule has 0 aromatic heterocycles. The lowest BCUT2D eigenvalue weighted by Crippen LogP contribution is -2.49. The van der Waals surface area contributed by atoms with E-state index in [-0.39, 0.29) is 11.9 Å². The number of amides is 1. The molecule has 0 aliphatic carbocycles. The lowest BCUT2D eigenvalue weighted by atomic mass is 9.99. The molecule has 1 saturated heterocycles. The summed E-state index contributed by atoms with van der Waals surface area (Å²) in [7, 11) is 0. The molecule has 2 rings (SSSR count). The van der Waals surface area contributed by atoms with Crippen molar-refractivity contribution in [2.75, 3.05) is 13.1 Å². The molecule has 1 aromatic rings. The summed E-state index contributed by atoms with van der Waals surface area (Å²) in [5.74, 6) is -0.914. The van der Waals surface area contributed by atoms with Gasteiger partial charge in [-0.05, 0) is 24.9 Å². The Kier molecular flexibility index (Phi) is 4.74. The second-order valence-corrected chi connectivity index (χ2v) is 5.19. The highest BCUT2D eigenvalue weighted by Crippen LogP contribution is 2.25. The normalized spacial score (nSPS) is 21.1. The molecule has 0 radical (unpaired) electrons. The molecule has 2 unspecified atom stereocenters. The van der Waals surface area contributed by atoms with Crippen molar-refractivity contribution in [3.05, 3.63) is 35.9 Å². The van der Waals surface area contributed by atoms with Crippen LogP contribution in [0.25, 0.3) is 0 Å². The summed E-state index contributed by atoms with van der Waals surface area (Å²) < 4.78 is 0. The summed E-state index contributed by atoms with van der Waals surface area (Å²) in [6.45, 7) is 2.80. The maximum atomic E-state index is 11.6. The van der Waals surface area contributed by atoms with Gasteiger partial charge in [0.05, 0.1) is 0 Å². The molecular formula is C15H20N2O3. The third-order valence-corrected chi connectivity index (χ3v) is 3.57. The first-order valence-electron chi connectivity index (χ1n) is 6.87. The van der Waals surface area contributed by atoms with Gasteiger partial charge in [0.1, 0.15) is 6.04 Å². The van der Waals surface area contributed by atoms with Crippen molar-refractivity contribution in [1.82, 2.24) is 10.2 Å². The Hall–Kier alpha value is -1.88. The summed E-state index contributed by atoms with van der Waals surface area (Å²) in [5.41, 5.74) is 0.781. The summed E-state index contributed by atoms with van der Waals surface area (Å²) in [6.07, 6.45) is 1.79. The average molecular weight is 276 g/mol. The van der Waals surface area contributed by atoms with Gasteiger partial charge in [0.25, 0.3) is 0 Å². The molecule has 0 saturated carbocycles. The van der Waals surface area contributed by atoms with Gasteiger partial charge in [-0.1, -0.05) is 30.3 Å². The standard InChI is InChI=1S/C15H20N2O3/c1-11(18)16-13-8-5-9-17(10-13)14(15(19)20)12-6-3-2-4-7-12/h2-4,6-7,13-14H,5,8-10H2,1H3,(H,16,18)(H,19,20). The Balaban J connectivity index is 2.13. The van der Waals surface area contributed by atoms with Crippen molar-refractivity contribution in [1.29, 1.82) is 0 Å². The van der Waals surface area contributed by atoms with Gasteiger partial charge in [-0.25, -0.2) is 0 Å². The quantitative estimate of drug-likeness (QED) is 0.872. The Morgan fingerprint density at radius 2 is 2.05 bits per heavy atom. The lowest BCUT2D eigenvalue weighted by molar-refractivity contribution is -0.144. The van der Waals surface area contributed by atoms with E-state index in [0.29, 0.717) is 6.54 Å². The van der Waals surface area contributed by atoms with E-state index >= 15 is 0 Å². The topological polar surface area (TPSA) is 69.6 Å². The first-order valence-corrected chi connectivity index (χ1v) is 6.87. The number of aliphatic carboxylic acids is 1. The molecule has 5 nitrogen and oxygen atoms in total. The van der Waals surface area contributed by atoms with Crippen LogP contribution in [0, 0.1) is 0 Å². The molecule has 1 aromatic carbocycles. The Bertz CT molecular complexity index is 475. The molecule has 0 bridgehead atoms. The number of rotatable bonds is 4. The number of likely N-dealkylation sites (tertiary alicyclic amines) is 1. The van der Waals surface area contributed by atoms with Crippen molar-refractivity contribution in [3.63, 3.8) is 0 Å². The SMILES string of the molecule is CC(=O)NC1CCCN(C(C(=O)O)c2ccccc2)C1. The third kappa shape index (κ3) is 3.57. The highest BCUT2D eigenvalue weighted by Gasteiger charge is 2.31. The largest absolute Gasteiger partial charge is 0.480 e. The average Bonchev–Trinajstić information content (AvgIpc) is 2.39. The van der Waals surface area contributed by atoms with E-state index in [0.717, 1.165) is 24.9 Å². The van der Waals surface area contributed by atoms with Crippen molar-refractivity contribution in [3.8, 4) is 0 Å². The molecule has 20 heavy (non-hydrogen) atoms. The van der Waals surface area contributed by atoms with Crippen LogP contribution in [0.5, 0.6) is 0 Å². The van der Waals surface area contributed by atoms with Gasteiger partial charge < -0.3 is 10.4 Å². The van der Waals surface area contributed by atoms with Gasteiger partial charge in [0.2, 0.25) is 5.91 Å². The van der Waals surface area contributed by atoms with Crippen LogP contribution in [0.4, 0.5) is 0 Å². The van der Waals surface area contributed by atoms with Crippen LogP contribution in [-0.4, -0.2) is 41.0 Å². The van der Waals surface area contributed by atoms with Crippen LogP contribution in [-0.2, 0) is 9.59 Å². The highest BCUT2D eigenvalue weighted by atomic mass is 16.4. The Morgan fingerprint density at radius 1 is 1.35 bits per heavy atom. The molecule has 1 heterocycles. The smallest absolute Gasteiger partial charge is 0.325 e. The first kappa shape index (κ1) is 14.5. The second-order valence-electron chi connectivity index (χ2n) is 5.19. The molecule has 108 valence electrons. The monoisotopic (exact) mass is 276 g/mol. The number of hydrogen-bond donors (Lipinski definition) is 2. The highest BCUT2D eigenvalue weighted by molar-refractivity contribution is 5.75. The molecule has 2 atom stereocenters. The van der Waals surface area contributed by atoms with Crippen molar-refractivity contribution in [2.24, 2.45) is 0 Å². The molecule has 2 N–H and O–H groups in total. The molecule has 0 spiro atoms. The number of carbonyl (C=O) groups is 2. The van der Waals surface area contributed by atoms with E-state index in [1.165, 1.54) is 6.92 Å². The minimum atomic E-state index is -0.848. The summed E-state index contributed by atoms with van der Waals surface area (Å²) in [5, 5.41) is 12.4. The second kappa shape index (κ2) is 6.52. The molecule has 1 aliphatic heterocycles. The summed E-state index contributed by atoms with van der Waals surface area (Å²) in [4.78, 5) is 24.7. The molecule has 1 aliphatic rings. The maximum absolute atomic E-state index is 11.6. The van der Waals surface area contributed by atoms with Crippen molar-refractivity contribution >= 4 is 11.9 Å². The number of nitrogens with one attached hydrogen (secondary N) is 1. The van der Waals surface area contributed by atoms with E-state index in [1.807, 2.05) is 35.2 Å². The number of carboxylic acids is 1. The zero-order chi connectivity index (χ0) is 14.5. The predicted octanol–water partition coefficient (Wildman–Crippen LogP) is 1.41. The van der Waals surface area contributed by atoms with E-state index in [9.17, 15) is 14.7 Å². The van der Waals surface area contributed by atoms with Crippen LogP contribution in [0.15, 0.2) is 30.3 Å². The predicted molar refractivity (Wildman–Crippen MR) is 75.2 cm³/mol. The van der Waals surface area contributed by atoms with Gasteiger partial charge in [-0.2, -0.15) is 0 Å². The van der Waals surface area contributed by atoms with E-state index in [4.69, 9.17) is 0 Å². The van der Waals surface area contributed by atoms with Gasteiger partial charge in [-0.3, -0.25) is 14.5 Å². The van der Waals surface area contributed by atoms with Crippen LogP contribution < -0.4 is 5.32 Å². The van der Waals surface area contributed by atoms with Crippen LogP contribution >= 0.6 is 0 Å². The Labute approximate surface area is 118 Å². The van der Waals surface area contributed by atoms with Crippen molar-refractivity contribution < 1.29 is 14.7 Å². The zero-order valence-electron chi connectivity index (χ0n) is 11.6. The maximum Gasteiger partial charge on any atom is 0.325 e. The van der Waals surface area contributed by atoms with E-state index in [1.54, 1.807) is 0 Å². The zero-order valence-corrected chi connectivity index (χ0v) is 11.6. The number of carboxylic acid groups (broad SMARTS) is 1. The summed E-state index contributed by atoms with van der Waals surface area (Å²) in [6, 6.07) is 8.63. The van der Waals surface area contributed by atoms with Crippen LogP contribution in [0.1, 0.15) is 31.4 Å². The van der Waals surface area contributed by atoms with E-state index in [2.05, 4.69) is 5.32 Å². The molecule has 1 fully saturated rings. The number of nitrogens with zero attached hydrogens (tertiary/aromatic N) is 1. The number of hydrogen-bond acceptors (Lipinski definition) is 3. The molecule has 1 amide bonds. The van der Waals surface area contributed by atoms with Crippen LogP contribution in [0.2, 0.25) is 0 Å². The molecule has 5 heteroatoms. The van der Waals surface area contributed by atoms with Gasteiger partial charge in [-0.15, -0.1) is 0 Å². The number of benzene rings is 1. The van der Waals surface area contributed by atoms with Gasteiger partial charge in [0.15, 0.2) is 0 Å². The third-order valence-electron chi connectivity index (χ3n) is 3.57. The van der Waals surface area contributed by atoms with Gasteiger partial charge >= 0.3 is 5.97 Å². The fourth-order valence-electron chi connectivity index (χ4n) is 2.79. The van der Waals surface area contributed by atoms with E-state index < -0.39 is 12.0 Å². The van der Waals surface area contributed by atoms with Crippen LogP contribution in [0.3, 0.4) is 0 Å². The number of piperidine rings is 1. The summed E-state index contributed by atoms with van der Waals surface area (Å²) >= 11 is 0. The Morgan fingerprint density at radius 3 is 2.65 bits per heavy atom. The first-order chi connectivity index (χ1) is 9.58. The fourth-order valence-corrected chi connectivity index (χ4v) is 2.79. The lowest BCUT2D eigenvalue weighted by Gasteiger charge is -2.36. The van der Waals surface area contributed by atoms with Crippen molar-refractivity contribution in [2.45, 2.75) is 31.8 Å². The fraction of sp³-hybridized carbons (Fsp3) is 0.467. The minimum Gasteiger partial charge on any atom is -0.480 e. The minimum absolute atomic E-state index is 0.0341. The number of carbonyl (C=O) groups excluding carboxylic acids is 1. The van der Waals surface area contributed by atoms with Gasteiger partial charge in [0, 0.05) is 19.5 Å².